The molecule has 0 heterocycles. The minimum Gasteiger partial charge on any atom is -0.399 e. The van der Waals surface area contributed by atoms with Crippen LogP contribution in [0.1, 0.15) is 57.4 Å². The molecule has 0 aliphatic rings. The summed E-state index contributed by atoms with van der Waals surface area (Å²) in [5.74, 6) is 0. The third-order valence-corrected chi connectivity index (χ3v) is 3.35. The van der Waals surface area contributed by atoms with Gasteiger partial charge in [0.15, 0.2) is 0 Å². The number of ether oxygens (including phenoxy) is 1. The molecule has 0 spiro atoms. The number of aryl methyl sites for hydroxylation is 1. The van der Waals surface area contributed by atoms with Crippen LogP contribution in [0.15, 0.2) is 24.3 Å². The fraction of sp³-hybridized carbons (Fsp3) is 0.647. The lowest BCUT2D eigenvalue weighted by atomic mass is 10.1. The molecule has 0 radical (unpaired) electrons. The van der Waals surface area contributed by atoms with Crippen LogP contribution >= 0.6 is 0 Å². The van der Waals surface area contributed by atoms with Crippen molar-refractivity contribution in [2.24, 2.45) is 0 Å². The number of nitrogens with two attached hydrogens (primary N) is 1. The Bertz CT molecular complexity index is 325. The van der Waals surface area contributed by atoms with Gasteiger partial charge in [-0.25, -0.2) is 0 Å². The van der Waals surface area contributed by atoms with Crippen LogP contribution in [0.2, 0.25) is 0 Å². The second-order valence-corrected chi connectivity index (χ2v) is 5.23. The first kappa shape index (κ1) is 16.0. The number of anilines is 1. The van der Waals surface area contributed by atoms with E-state index < -0.39 is 0 Å². The van der Waals surface area contributed by atoms with Gasteiger partial charge in [-0.3, -0.25) is 0 Å². The largest absolute Gasteiger partial charge is 0.399 e. The molecule has 1 aromatic rings. The SMILES string of the molecule is CCCCCCCCOCCCc1cccc(N)c1. The first-order valence-corrected chi connectivity index (χ1v) is 7.75. The van der Waals surface area contributed by atoms with Crippen LogP contribution in [0.3, 0.4) is 0 Å². The highest BCUT2D eigenvalue weighted by Gasteiger charge is 1.95. The standard InChI is InChI=1S/C17H29NO/c1-2-3-4-5-6-7-13-19-14-9-11-16-10-8-12-17(18)15-16/h8,10,12,15H,2-7,9,11,13-14,18H2,1H3. The second kappa shape index (κ2) is 10.9. The van der Waals surface area contributed by atoms with E-state index in [1.54, 1.807) is 0 Å². The average Bonchev–Trinajstić information content (AvgIpc) is 2.41. The summed E-state index contributed by atoms with van der Waals surface area (Å²) < 4.78 is 5.66. The van der Waals surface area contributed by atoms with E-state index in [0.29, 0.717) is 0 Å². The molecule has 0 aliphatic heterocycles. The van der Waals surface area contributed by atoms with Crippen molar-refractivity contribution in [2.75, 3.05) is 18.9 Å². The van der Waals surface area contributed by atoms with Crippen LogP contribution < -0.4 is 5.73 Å². The van der Waals surface area contributed by atoms with Gasteiger partial charge < -0.3 is 10.5 Å². The lowest BCUT2D eigenvalue weighted by Gasteiger charge is -2.05. The summed E-state index contributed by atoms with van der Waals surface area (Å²) in [7, 11) is 0. The molecule has 1 rings (SSSR count). The summed E-state index contributed by atoms with van der Waals surface area (Å²) in [6, 6.07) is 8.12. The molecule has 0 fully saturated rings. The minimum absolute atomic E-state index is 0.852. The molecule has 1 aromatic carbocycles. The number of hydrogen-bond donors (Lipinski definition) is 1. The topological polar surface area (TPSA) is 35.2 Å². The molecule has 108 valence electrons. The second-order valence-electron chi connectivity index (χ2n) is 5.23. The van der Waals surface area contributed by atoms with E-state index >= 15 is 0 Å². The van der Waals surface area contributed by atoms with Crippen molar-refractivity contribution in [1.82, 2.24) is 0 Å². The number of benzene rings is 1. The Morgan fingerprint density at radius 2 is 1.68 bits per heavy atom. The Kier molecular flexibility index (Phi) is 9.17. The molecule has 2 N–H and O–H groups in total. The van der Waals surface area contributed by atoms with E-state index in [-0.39, 0.29) is 0 Å². The number of hydrogen-bond acceptors (Lipinski definition) is 2. The summed E-state index contributed by atoms with van der Waals surface area (Å²) in [4.78, 5) is 0. The van der Waals surface area contributed by atoms with Gasteiger partial charge in [0.05, 0.1) is 0 Å². The Hall–Kier alpha value is -1.02. The van der Waals surface area contributed by atoms with Crippen molar-refractivity contribution < 1.29 is 4.74 Å². The molecule has 0 bridgehead atoms. The third kappa shape index (κ3) is 8.66. The highest BCUT2D eigenvalue weighted by Crippen LogP contribution is 2.09. The molecule has 19 heavy (non-hydrogen) atoms. The molecule has 0 aliphatic carbocycles. The first-order chi connectivity index (χ1) is 9.33. The van der Waals surface area contributed by atoms with Crippen molar-refractivity contribution in [3.63, 3.8) is 0 Å². The number of rotatable bonds is 11. The summed E-state index contributed by atoms with van der Waals surface area (Å²) in [5, 5.41) is 0. The van der Waals surface area contributed by atoms with Crippen LogP contribution in [-0.4, -0.2) is 13.2 Å². The van der Waals surface area contributed by atoms with Gasteiger partial charge in [0.1, 0.15) is 0 Å². The monoisotopic (exact) mass is 263 g/mol. The first-order valence-electron chi connectivity index (χ1n) is 7.75. The smallest absolute Gasteiger partial charge is 0.0469 e. The van der Waals surface area contributed by atoms with Gasteiger partial charge in [-0.05, 0) is 37.0 Å². The predicted molar refractivity (Wildman–Crippen MR) is 83.4 cm³/mol. The third-order valence-electron chi connectivity index (χ3n) is 3.35. The maximum absolute atomic E-state index is 5.75. The van der Waals surface area contributed by atoms with Gasteiger partial charge in [-0.15, -0.1) is 0 Å². The molecule has 2 nitrogen and oxygen atoms in total. The highest BCUT2D eigenvalue weighted by molar-refractivity contribution is 5.40. The Balaban J connectivity index is 1.89. The summed E-state index contributed by atoms with van der Waals surface area (Å²) >= 11 is 0. The lowest BCUT2D eigenvalue weighted by molar-refractivity contribution is 0.127. The van der Waals surface area contributed by atoms with Gasteiger partial charge in [-0.1, -0.05) is 51.2 Å². The van der Waals surface area contributed by atoms with E-state index in [1.807, 2.05) is 18.2 Å². The maximum atomic E-state index is 5.75. The summed E-state index contributed by atoms with van der Waals surface area (Å²) in [6.07, 6.45) is 10.1. The molecular formula is C17H29NO. The predicted octanol–water partition coefficient (Wildman–Crippen LogP) is 4.58. The molecule has 0 atom stereocenters. The molecular weight excluding hydrogens is 234 g/mol. The van der Waals surface area contributed by atoms with E-state index in [0.717, 1.165) is 31.7 Å². The zero-order valence-corrected chi connectivity index (χ0v) is 12.4. The summed E-state index contributed by atoms with van der Waals surface area (Å²) in [6.45, 7) is 4.04. The van der Waals surface area contributed by atoms with Gasteiger partial charge in [0.2, 0.25) is 0 Å². The molecule has 2 heteroatoms. The molecule has 0 saturated heterocycles. The summed E-state index contributed by atoms with van der Waals surface area (Å²) in [5.41, 5.74) is 7.91. The number of nitrogen functional groups attached to an aromatic ring is 1. The van der Waals surface area contributed by atoms with E-state index in [9.17, 15) is 0 Å². The van der Waals surface area contributed by atoms with Gasteiger partial charge in [-0.2, -0.15) is 0 Å². The van der Waals surface area contributed by atoms with Crippen molar-refractivity contribution in [2.45, 2.75) is 58.3 Å². The molecule has 0 unspecified atom stereocenters. The van der Waals surface area contributed by atoms with Crippen molar-refractivity contribution >= 4 is 5.69 Å². The number of unbranched alkanes of at least 4 members (excludes halogenated alkanes) is 5. The fourth-order valence-corrected chi connectivity index (χ4v) is 2.21. The van der Waals surface area contributed by atoms with Crippen molar-refractivity contribution in [3.8, 4) is 0 Å². The van der Waals surface area contributed by atoms with E-state index in [4.69, 9.17) is 10.5 Å². The fourth-order valence-electron chi connectivity index (χ4n) is 2.21. The van der Waals surface area contributed by atoms with Crippen LogP contribution in [0.4, 0.5) is 5.69 Å². The van der Waals surface area contributed by atoms with Crippen LogP contribution in [0.5, 0.6) is 0 Å². The lowest BCUT2D eigenvalue weighted by Crippen LogP contribution is -1.99. The van der Waals surface area contributed by atoms with Gasteiger partial charge in [0, 0.05) is 18.9 Å². The Morgan fingerprint density at radius 3 is 2.47 bits per heavy atom. The average molecular weight is 263 g/mol. The van der Waals surface area contributed by atoms with E-state index in [1.165, 1.54) is 44.1 Å². The van der Waals surface area contributed by atoms with Gasteiger partial charge >= 0.3 is 0 Å². The van der Waals surface area contributed by atoms with Gasteiger partial charge in [0.25, 0.3) is 0 Å². The molecule has 0 saturated carbocycles. The highest BCUT2D eigenvalue weighted by atomic mass is 16.5. The Labute approximate surface area is 118 Å². The van der Waals surface area contributed by atoms with Crippen LogP contribution in [0, 0.1) is 0 Å². The van der Waals surface area contributed by atoms with Crippen LogP contribution in [0.25, 0.3) is 0 Å². The Morgan fingerprint density at radius 1 is 0.947 bits per heavy atom. The molecule has 0 aromatic heterocycles. The normalized spacial score (nSPS) is 10.8. The molecule has 0 amide bonds. The van der Waals surface area contributed by atoms with Crippen LogP contribution in [-0.2, 0) is 11.2 Å². The van der Waals surface area contributed by atoms with E-state index in [2.05, 4.69) is 13.0 Å². The quantitative estimate of drug-likeness (QED) is 0.468. The zero-order valence-electron chi connectivity index (χ0n) is 12.4. The van der Waals surface area contributed by atoms with Crippen molar-refractivity contribution in [1.29, 1.82) is 0 Å². The van der Waals surface area contributed by atoms with Crippen molar-refractivity contribution in [3.05, 3.63) is 29.8 Å². The maximum Gasteiger partial charge on any atom is 0.0469 e. The zero-order chi connectivity index (χ0) is 13.8. The minimum atomic E-state index is 0.852.